The molecule has 27 heavy (non-hydrogen) atoms. The summed E-state index contributed by atoms with van der Waals surface area (Å²) in [5.41, 5.74) is 2.11. The Morgan fingerprint density at radius 2 is 1.96 bits per heavy atom. The molecule has 0 radical (unpaired) electrons. The van der Waals surface area contributed by atoms with Gasteiger partial charge in [-0.15, -0.1) is 0 Å². The topological polar surface area (TPSA) is 78.5 Å². The molecule has 0 spiro atoms. The van der Waals surface area contributed by atoms with E-state index in [2.05, 4.69) is 10.4 Å². The van der Waals surface area contributed by atoms with Crippen LogP contribution in [0.4, 0.5) is 0 Å². The first-order chi connectivity index (χ1) is 13.1. The number of para-hydroxylation sites is 2. The lowest BCUT2D eigenvalue weighted by Gasteiger charge is -2.07. The van der Waals surface area contributed by atoms with Crippen molar-refractivity contribution in [1.29, 1.82) is 0 Å². The van der Waals surface area contributed by atoms with Crippen molar-refractivity contribution in [1.82, 2.24) is 15.1 Å². The Labute approximate surface area is 157 Å². The van der Waals surface area contributed by atoms with Gasteiger partial charge in [-0.1, -0.05) is 12.1 Å². The van der Waals surface area contributed by atoms with Crippen LogP contribution in [0.2, 0.25) is 0 Å². The second-order valence-corrected chi connectivity index (χ2v) is 6.13. The quantitative estimate of drug-likeness (QED) is 0.612. The number of ether oxygens (including phenoxy) is 2. The molecule has 0 saturated carbocycles. The van der Waals surface area contributed by atoms with Crippen molar-refractivity contribution in [2.45, 2.75) is 26.8 Å². The van der Waals surface area contributed by atoms with Gasteiger partial charge < -0.3 is 19.2 Å². The van der Waals surface area contributed by atoms with E-state index in [4.69, 9.17) is 13.9 Å². The van der Waals surface area contributed by atoms with Crippen LogP contribution in [0.25, 0.3) is 0 Å². The van der Waals surface area contributed by atoms with Crippen molar-refractivity contribution < 1.29 is 18.7 Å². The van der Waals surface area contributed by atoms with Gasteiger partial charge in [0.25, 0.3) is 11.9 Å². The third kappa shape index (κ3) is 4.69. The minimum Gasteiger partial charge on any atom is -0.493 e. The number of aromatic nitrogens is 2. The molecule has 3 aromatic rings. The zero-order chi connectivity index (χ0) is 19.2. The molecule has 0 fully saturated rings. The van der Waals surface area contributed by atoms with E-state index in [0.29, 0.717) is 18.0 Å². The molecule has 1 N–H and O–H groups in total. The van der Waals surface area contributed by atoms with Crippen molar-refractivity contribution in [2.24, 2.45) is 0 Å². The number of benzene rings is 1. The first-order valence-electron chi connectivity index (χ1n) is 8.77. The number of nitrogens with one attached hydrogen (secondary N) is 1. The minimum atomic E-state index is -0.279. The summed E-state index contributed by atoms with van der Waals surface area (Å²) in [5, 5.41) is 7.24. The fourth-order valence-corrected chi connectivity index (χ4v) is 2.73. The molecular formula is C20H23N3O4. The Morgan fingerprint density at radius 1 is 1.19 bits per heavy atom. The Balaban J connectivity index is 1.50. The predicted molar refractivity (Wildman–Crippen MR) is 100 cm³/mol. The molecule has 0 aliphatic carbocycles. The minimum absolute atomic E-state index is 0.200. The van der Waals surface area contributed by atoms with E-state index in [9.17, 15) is 4.79 Å². The van der Waals surface area contributed by atoms with Gasteiger partial charge in [0, 0.05) is 24.8 Å². The van der Waals surface area contributed by atoms with Gasteiger partial charge in [-0.05, 0) is 44.5 Å². The van der Waals surface area contributed by atoms with Crippen LogP contribution in [0, 0.1) is 13.8 Å². The number of rotatable bonds is 8. The summed E-state index contributed by atoms with van der Waals surface area (Å²) < 4.78 is 18.3. The maximum absolute atomic E-state index is 12.2. The molecule has 0 aliphatic rings. The van der Waals surface area contributed by atoms with Crippen LogP contribution >= 0.6 is 0 Å². The number of nitrogens with zero attached hydrogens (tertiary/aromatic N) is 2. The van der Waals surface area contributed by atoms with Crippen LogP contribution in [0.15, 0.2) is 46.9 Å². The standard InChI is InChI=1S/C20H23N3O4/c1-14-13-15(2)23(22-14)12-6-11-21-20(24)18-9-10-19(27-18)26-17-8-5-4-7-16(17)25-3/h4-5,7-10,13H,6,11-12H2,1-3H3,(H,21,24). The maximum Gasteiger partial charge on any atom is 0.290 e. The lowest BCUT2D eigenvalue weighted by molar-refractivity contribution is 0.0920. The molecule has 0 aliphatic heterocycles. The van der Waals surface area contributed by atoms with Crippen molar-refractivity contribution in [3.05, 3.63) is 59.6 Å². The molecule has 0 saturated heterocycles. The number of hydrogen-bond donors (Lipinski definition) is 1. The van der Waals surface area contributed by atoms with Crippen LogP contribution in [-0.2, 0) is 6.54 Å². The van der Waals surface area contributed by atoms with Gasteiger partial charge in [-0.25, -0.2) is 0 Å². The van der Waals surface area contributed by atoms with Crippen LogP contribution in [-0.4, -0.2) is 29.3 Å². The number of carbonyl (C=O) groups is 1. The average molecular weight is 369 g/mol. The van der Waals surface area contributed by atoms with E-state index in [1.54, 1.807) is 31.4 Å². The molecule has 142 valence electrons. The summed E-state index contributed by atoms with van der Waals surface area (Å²) in [4.78, 5) is 12.2. The number of carbonyl (C=O) groups excluding carboxylic acids is 1. The Hall–Kier alpha value is -3.22. The highest BCUT2D eigenvalue weighted by Crippen LogP contribution is 2.31. The molecule has 3 rings (SSSR count). The predicted octanol–water partition coefficient (Wildman–Crippen LogP) is 3.71. The van der Waals surface area contributed by atoms with Crippen molar-refractivity contribution >= 4 is 5.91 Å². The Morgan fingerprint density at radius 3 is 2.67 bits per heavy atom. The zero-order valence-corrected chi connectivity index (χ0v) is 15.7. The largest absolute Gasteiger partial charge is 0.493 e. The second kappa shape index (κ2) is 8.44. The number of aryl methyl sites for hydroxylation is 3. The molecule has 0 bridgehead atoms. The van der Waals surface area contributed by atoms with E-state index in [-0.39, 0.29) is 17.6 Å². The van der Waals surface area contributed by atoms with Gasteiger partial charge in [0.1, 0.15) is 0 Å². The zero-order valence-electron chi connectivity index (χ0n) is 15.7. The van der Waals surface area contributed by atoms with Crippen LogP contribution in [0.1, 0.15) is 28.4 Å². The lowest BCUT2D eigenvalue weighted by atomic mass is 10.3. The molecule has 0 unspecified atom stereocenters. The Kier molecular flexibility index (Phi) is 5.80. The molecule has 1 amide bonds. The van der Waals surface area contributed by atoms with E-state index in [1.165, 1.54) is 0 Å². The monoisotopic (exact) mass is 369 g/mol. The SMILES string of the molecule is COc1ccccc1Oc1ccc(C(=O)NCCCn2nc(C)cc2C)o1. The number of furan rings is 1. The van der Waals surface area contributed by atoms with E-state index < -0.39 is 0 Å². The summed E-state index contributed by atoms with van der Waals surface area (Å²) in [6, 6.07) is 12.5. The van der Waals surface area contributed by atoms with Crippen LogP contribution in [0.5, 0.6) is 17.4 Å². The van der Waals surface area contributed by atoms with Crippen molar-refractivity contribution in [2.75, 3.05) is 13.7 Å². The van der Waals surface area contributed by atoms with Gasteiger partial charge in [0.15, 0.2) is 17.3 Å². The maximum atomic E-state index is 12.2. The van der Waals surface area contributed by atoms with Gasteiger partial charge in [-0.3, -0.25) is 9.48 Å². The highest BCUT2D eigenvalue weighted by molar-refractivity contribution is 5.91. The summed E-state index contributed by atoms with van der Waals surface area (Å²) in [6.45, 7) is 5.26. The molecule has 1 aromatic carbocycles. The fraction of sp³-hybridized carbons (Fsp3) is 0.300. The first kappa shape index (κ1) is 18.6. The van der Waals surface area contributed by atoms with Crippen molar-refractivity contribution in [3.63, 3.8) is 0 Å². The highest BCUT2D eigenvalue weighted by atomic mass is 16.6. The number of hydrogen-bond acceptors (Lipinski definition) is 5. The third-order valence-corrected chi connectivity index (χ3v) is 4.02. The van der Waals surface area contributed by atoms with E-state index >= 15 is 0 Å². The number of methoxy groups -OCH3 is 1. The van der Waals surface area contributed by atoms with Crippen LogP contribution < -0.4 is 14.8 Å². The van der Waals surface area contributed by atoms with E-state index in [1.807, 2.05) is 36.7 Å². The molecule has 7 heteroatoms. The third-order valence-electron chi connectivity index (χ3n) is 4.02. The first-order valence-corrected chi connectivity index (χ1v) is 8.77. The van der Waals surface area contributed by atoms with Gasteiger partial charge in [0.2, 0.25) is 0 Å². The van der Waals surface area contributed by atoms with Gasteiger partial charge in [0.05, 0.1) is 12.8 Å². The second-order valence-electron chi connectivity index (χ2n) is 6.13. The molecule has 0 atom stereocenters. The van der Waals surface area contributed by atoms with Crippen LogP contribution in [0.3, 0.4) is 0 Å². The summed E-state index contributed by atoms with van der Waals surface area (Å²) >= 11 is 0. The molecule has 2 aromatic heterocycles. The highest BCUT2D eigenvalue weighted by Gasteiger charge is 2.13. The van der Waals surface area contributed by atoms with Gasteiger partial charge >= 0.3 is 0 Å². The average Bonchev–Trinajstić information content (AvgIpc) is 3.25. The Bertz CT molecular complexity index is 914. The van der Waals surface area contributed by atoms with Crippen molar-refractivity contribution in [3.8, 4) is 17.4 Å². The summed E-state index contributed by atoms with van der Waals surface area (Å²) in [5.74, 6) is 1.26. The normalized spacial score (nSPS) is 10.6. The molecule has 7 nitrogen and oxygen atoms in total. The van der Waals surface area contributed by atoms with Gasteiger partial charge in [-0.2, -0.15) is 5.10 Å². The fourth-order valence-electron chi connectivity index (χ4n) is 2.73. The molecule has 2 heterocycles. The van der Waals surface area contributed by atoms with E-state index in [0.717, 1.165) is 24.4 Å². The molecular weight excluding hydrogens is 346 g/mol. The smallest absolute Gasteiger partial charge is 0.290 e. The summed E-state index contributed by atoms with van der Waals surface area (Å²) in [7, 11) is 1.56. The summed E-state index contributed by atoms with van der Waals surface area (Å²) in [6.07, 6.45) is 0.777. The lowest BCUT2D eigenvalue weighted by Crippen LogP contribution is -2.25. The number of amides is 1.